The highest BCUT2D eigenvalue weighted by Crippen LogP contribution is 2.43. The van der Waals surface area contributed by atoms with Crippen molar-refractivity contribution in [3.05, 3.63) is 24.3 Å². The highest BCUT2D eigenvalue weighted by molar-refractivity contribution is 9.09. The normalized spacial score (nSPS) is 17.6. The van der Waals surface area contributed by atoms with Gasteiger partial charge in [0.1, 0.15) is 0 Å². The minimum atomic E-state index is 0.348. The van der Waals surface area contributed by atoms with Gasteiger partial charge in [0.25, 0.3) is 0 Å². The first kappa shape index (κ1) is 11.8. The molecule has 0 unspecified atom stereocenters. The number of hydrogen-bond donors (Lipinski definition) is 0. The van der Waals surface area contributed by atoms with Crippen LogP contribution in [0, 0.1) is 5.41 Å². The van der Waals surface area contributed by atoms with Crippen molar-refractivity contribution in [3.8, 4) is 11.5 Å². The van der Waals surface area contributed by atoms with Crippen molar-refractivity contribution in [2.45, 2.75) is 19.3 Å². The van der Waals surface area contributed by atoms with Crippen LogP contribution in [0.2, 0.25) is 0 Å². The van der Waals surface area contributed by atoms with Crippen LogP contribution in [0.5, 0.6) is 11.5 Å². The van der Waals surface area contributed by atoms with Crippen molar-refractivity contribution in [1.82, 2.24) is 0 Å². The maximum atomic E-state index is 5.87. The summed E-state index contributed by atoms with van der Waals surface area (Å²) in [6.07, 6.45) is 3.84. The predicted octanol–water partition coefficient (Wildman–Crippen LogP) is 3.64. The summed E-state index contributed by atoms with van der Waals surface area (Å²) in [5, 5.41) is 1.02. The Kier molecular flexibility index (Phi) is 3.74. The van der Waals surface area contributed by atoms with Crippen molar-refractivity contribution in [2.24, 2.45) is 5.41 Å². The zero-order chi connectivity index (χ0) is 11.4. The SMILES string of the molecule is COc1ccccc1OCC1(CBr)CCC1. The molecule has 0 aliphatic heterocycles. The maximum absolute atomic E-state index is 5.87. The van der Waals surface area contributed by atoms with Gasteiger partial charge in [-0.2, -0.15) is 0 Å². The second-order valence-electron chi connectivity index (χ2n) is 4.43. The lowest BCUT2D eigenvalue weighted by Gasteiger charge is -2.40. The van der Waals surface area contributed by atoms with Gasteiger partial charge in [-0.1, -0.05) is 34.5 Å². The van der Waals surface area contributed by atoms with Gasteiger partial charge in [-0.3, -0.25) is 0 Å². The van der Waals surface area contributed by atoms with Crippen LogP contribution in [0.25, 0.3) is 0 Å². The fourth-order valence-corrected chi connectivity index (χ4v) is 2.68. The Morgan fingerprint density at radius 1 is 1.25 bits per heavy atom. The second kappa shape index (κ2) is 5.09. The number of rotatable bonds is 5. The molecular weight excluding hydrogens is 268 g/mol. The van der Waals surface area contributed by atoms with Crippen molar-refractivity contribution in [1.29, 1.82) is 0 Å². The van der Waals surface area contributed by atoms with E-state index in [2.05, 4.69) is 15.9 Å². The molecule has 2 rings (SSSR count). The molecular formula is C13H17BrO2. The van der Waals surface area contributed by atoms with Gasteiger partial charge in [0, 0.05) is 10.7 Å². The van der Waals surface area contributed by atoms with Crippen LogP contribution < -0.4 is 9.47 Å². The maximum Gasteiger partial charge on any atom is 0.161 e. The van der Waals surface area contributed by atoms with E-state index in [0.29, 0.717) is 5.41 Å². The average Bonchev–Trinajstić information content (AvgIpc) is 2.29. The van der Waals surface area contributed by atoms with Gasteiger partial charge in [-0.25, -0.2) is 0 Å². The molecule has 1 aliphatic rings. The van der Waals surface area contributed by atoms with Crippen LogP contribution in [0.1, 0.15) is 19.3 Å². The summed E-state index contributed by atoms with van der Waals surface area (Å²) in [6.45, 7) is 0.776. The van der Waals surface area contributed by atoms with Crippen LogP contribution in [-0.4, -0.2) is 19.0 Å². The largest absolute Gasteiger partial charge is 0.493 e. The number of hydrogen-bond acceptors (Lipinski definition) is 2. The van der Waals surface area contributed by atoms with Crippen LogP contribution in [0.3, 0.4) is 0 Å². The summed E-state index contributed by atoms with van der Waals surface area (Å²) in [5.41, 5.74) is 0.348. The van der Waals surface area contributed by atoms with E-state index >= 15 is 0 Å². The zero-order valence-corrected chi connectivity index (χ0v) is 11.1. The number of benzene rings is 1. The molecule has 0 atom stereocenters. The van der Waals surface area contributed by atoms with Crippen LogP contribution >= 0.6 is 15.9 Å². The third-order valence-corrected chi connectivity index (χ3v) is 4.49. The third-order valence-electron chi connectivity index (χ3n) is 3.30. The van der Waals surface area contributed by atoms with Crippen LogP contribution in [0.4, 0.5) is 0 Å². The van der Waals surface area contributed by atoms with Gasteiger partial charge in [0.2, 0.25) is 0 Å². The molecule has 1 aromatic rings. The van der Waals surface area contributed by atoms with E-state index in [9.17, 15) is 0 Å². The van der Waals surface area contributed by atoms with E-state index < -0.39 is 0 Å². The van der Waals surface area contributed by atoms with Crippen molar-refractivity contribution in [3.63, 3.8) is 0 Å². The Labute approximate surface area is 105 Å². The molecule has 16 heavy (non-hydrogen) atoms. The highest BCUT2D eigenvalue weighted by Gasteiger charge is 2.36. The standard InChI is InChI=1S/C13H17BrO2/c1-15-11-5-2-3-6-12(11)16-10-13(9-14)7-4-8-13/h2-3,5-6H,4,7-10H2,1H3. The van der Waals surface area contributed by atoms with E-state index in [1.54, 1.807) is 7.11 Å². The number of alkyl halides is 1. The summed E-state index contributed by atoms with van der Waals surface area (Å²) >= 11 is 3.58. The smallest absolute Gasteiger partial charge is 0.161 e. The number of methoxy groups -OCH3 is 1. The zero-order valence-electron chi connectivity index (χ0n) is 9.54. The first-order valence-electron chi connectivity index (χ1n) is 5.61. The van der Waals surface area contributed by atoms with E-state index in [-0.39, 0.29) is 0 Å². The molecule has 0 spiro atoms. The first-order valence-corrected chi connectivity index (χ1v) is 6.74. The fraction of sp³-hybridized carbons (Fsp3) is 0.538. The molecule has 1 saturated carbocycles. The molecule has 1 aromatic carbocycles. The summed E-state index contributed by atoms with van der Waals surface area (Å²) in [6, 6.07) is 7.81. The molecule has 0 N–H and O–H groups in total. The van der Waals surface area contributed by atoms with Crippen LogP contribution in [-0.2, 0) is 0 Å². The minimum Gasteiger partial charge on any atom is -0.493 e. The number of para-hydroxylation sites is 2. The van der Waals surface area contributed by atoms with Crippen molar-refractivity contribution < 1.29 is 9.47 Å². The topological polar surface area (TPSA) is 18.5 Å². The Bertz CT molecular complexity index is 342. The van der Waals surface area contributed by atoms with Gasteiger partial charge in [0.15, 0.2) is 11.5 Å². The first-order chi connectivity index (χ1) is 7.79. The molecule has 0 bridgehead atoms. The lowest BCUT2D eigenvalue weighted by Crippen LogP contribution is -2.37. The molecule has 3 heteroatoms. The van der Waals surface area contributed by atoms with Gasteiger partial charge in [-0.05, 0) is 25.0 Å². The highest BCUT2D eigenvalue weighted by atomic mass is 79.9. The molecule has 1 aliphatic carbocycles. The Morgan fingerprint density at radius 3 is 2.44 bits per heavy atom. The molecule has 0 radical (unpaired) electrons. The number of ether oxygens (including phenoxy) is 2. The predicted molar refractivity (Wildman–Crippen MR) is 68.6 cm³/mol. The van der Waals surface area contributed by atoms with Crippen LogP contribution in [0.15, 0.2) is 24.3 Å². The van der Waals surface area contributed by atoms with E-state index in [0.717, 1.165) is 23.4 Å². The molecule has 1 fully saturated rings. The van der Waals surface area contributed by atoms with Gasteiger partial charge >= 0.3 is 0 Å². The molecule has 0 saturated heterocycles. The van der Waals surface area contributed by atoms with E-state index in [1.165, 1.54) is 19.3 Å². The summed E-state index contributed by atoms with van der Waals surface area (Å²) in [5.74, 6) is 1.66. The number of halogens is 1. The quantitative estimate of drug-likeness (QED) is 0.769. The summed E-state index contributed by atoms with van der Waals surface area (Å²) < 4.78 is 11.1. The van der Waals surface area contributed by atoms with Gasteiger partial charge in [-0.15, -0.1) is 0 Å². The van der Waals surface area contributed by atoms with Crippen molar-refractivity contribution >= 4 is 15.9 Å². The molecule has 88 valence electrons. The fourth-order valence-electron chi connectivity index (χ4n) is 1.96. The summed E-state index contributed by atoms with van der Waals surface area (Å²) in [4.78, 5) is 0. The van der Waals surface area contributed by atoms with Crippen molar-refractivity contribution in [2.75, 3.05) is 19.0 Å². The second-order valence-corrected chi connectivity index (χ2v) is 4.99. The molecule has 0 heterocycles. The van der Waals surface area contributed by atoms with Gasteiger partial charge in [0.05, 0.1) is 13.7 Å². The average molecular weight is 285 g/mol. The lowest BCUT2D eigenvalue weighted by atomic mass is 9.71. The summed E-state index contributed by atoms with van der Waals surface area (Å²) in [7, 11) is 1.67. The Hall–Kier alpha value is -0.700. The van der Waals surface area contributed by atoms with Gasteiger partial charge < -0.3 is 9.47 Å². The molecule has 0 amide bonds. The Balaban J connectivity index is 1.98. The molecule has 2 nitrogen and oxygen atoms in total. The van der Waals surface area contributed by atoms with E-state index in [4.69, 9.17) is 9.47 Å². The third kappa shape index (κ3) is 2.34. The molecule has 0 aromatic heterocycles. The monoisotopic (exact) mass is 284 g/mol. The lowest BCUT2D eigenvalue weighted by molar-refractivity contribution is 0.0820. The Morgan fingerprint density at radius 2 is 1.94 bits per heavy atom. The van der Waals surface area contributed by atoms with E-state index in [1.807, 2.05) is 24.3 Å². The minimum absolute atomic E-state index is 0.348.